The Hall–Kier alpha value is -3.51. The lowest BCUT2D eigenvalue weighted by Crippen LogP contribution is -2.23. The molecule has 0 fully saturated rings. The Morgan fingerprint density at radius 1 is 1.10 bits per heavy atom. The van der Waals surface area contributed by atoms with Crippen molar-refractivity contribution in [3.05, 3.63) is 83.2 Å². The number of aromatic nitrogens is 2. The molecule has 0 aliphatic carbocycles. The van der Waals surface area contributed by atoms with Gasteiger partial charge in [-0.2, -0.15) is 5.10 Å². The molecule has 158 valence electrons. The topological polar surface area (TPSA) is 83.8 Å². The summed E-state index contributed by atoms with van der Waals surface area (Å²) in [6.45, 7) is 4.50. The van der Waals surface area contributed by atoms with Crippen molar-refractivity contribution < 1.29 is 9.18 Å². The third-order valence-corrected chi connectivity index (χ3v) is 5.63. The number of H-pyrrole nitrogens is 1. The number of amides is 1. The number of halogens is 1. The zero-order valence-electron chi connectivity index (χ0n) is 17.6. The van der Waals surface area contributed by atoms with Gasteiger partial charge in [0, 0.05) is 16.6 Å². The molecule has 0 radical (unpaired) electrons. The highest BCUT2D eigenvalue weighted by atomic mass is 19.1. The molecule has 1 aromatic heterocycles. The van der Waals surface area contributed by atoms with Gasteiger partial charge in [-0.3, -0.25) is 9.89 Å². The van der Waals surface area contributed by atoms with Gasteiger partial charge >= 0.3 is 0 Å². The van der Waals surface area contributed by atoms with Gasteiger partial charge in [0.15, 0.2) is 0 Å². The van der Waals surface area contributed by atoms with Crippen LogP contribution in [-0.2, 0) is 4.79 Å². The highest BCUT2D eigenvalue weighted by molar-refractivity contribution is 6.00. The third-order valence-electron chi connectivity index (χ3n) is 5.63. The number of hydrogen-bond acceptors (Lipinski definition) is 3. The van der Waals surface area contributed by atoms with E-state index in [0.29, 0.717) is 29.9 Å². The monoisotopic (exact) mass is 416 g/mol. The molecule has 6 heteroatoms. The fourth-order valence-electron chi connectivity index (χ4n) is 3.77. The zero-order valence-corrected chi connectivity index (χ0v) is 17.6. The maximum atomic E-state index is 13.7. The van der Waals surface area contributed by atoms with Crippen LogP contribution in [0.4, 0.5) is 10.1 Å². The molecular formula is C25H25FN4O. The number of hydrogen-bond donors (Lipinski definition) is 3. The molecule has 4 N–H and O–H groups in total. The number of nitrogens with zero attached hydrogens (tertiary/aromatic N) is 1. The summed E-state index contributed by atoms with van der Waals surface area (Å²) in [6, 6.07) is 17.9. The lowest BCUT2D eigenvalue weighted by Gasteiger charge is -2.18. The van der Waals surface area contributed by atoms with E-state index < -0.39 is 0 Å². The van der Waals surface area contributed by atoms with Crippen molar-refractivity contribution in [2.24, 2.45) is 5.73 Å². The van der Waals surface area contributed by atoms with Crippen LogP contribution < -0.4 is 11.1 Å². The number of carbonyl (C=O) groups excluding carboxylic acids is 1. The first-order chi connectivity index (χ1) is 15.0. The smallest absolute Gasteiger partial charge is 0.231 e. The summed E-state index contributed by atoms with van der Waals surface area (Å²) in [7, 11) is 0. The van der Waals surface area contributed by atoms with E-state index in [1.54, 1.807) is 12.1 Å². The zero-order chi connectivity index (χ0) is 22.0. The van der Waals surface area contributed by atoms with Crippen LogP contribution in [0.25, 0.3) is 22.2 Å². The Morgan fingerprint density at radius 3 is 2.68 bits per heavy atom. The molecule has 0 saturated heterocycles. The Labute approximate surface area is 180 Å². The molecule has 31 heavy (non-hydrogen) atoms. The van der Waals surface area contributed by atoms with Crippen molar-refractivity contribution >= 4 is 22.5 Å². The van der Waals surface area contributed by atoms with Crippen LogP contribution >= 0.6 is 0 Å². The summed E-state index contributed by atoms with van der Waals surface area (Å²) in [6.07, 6.45) is 0.552. The van der Waals surface area contributed by atoms with Crippen LogP contribution in [0.3, 0.4) is 0 Å². The van der Waals surface area contributed by atoms with E-state index in [1.807, 2.05) is 44.2 Å². The SMILES string of the molecule is Cc1ccc(C(CCN)C(=O)Nc2ccc3[nH]nc(-c4cccc(F)c4)c3c2)cc1C. The van der Waals surface area contributed by atoms with Gasteiger partial charge in [-0.05, 0) is 73.8 Å². The Balaban J connectivity index is 1.64. The van der Waals surface area contributed by atoms with E-state index in [1.165, 1.54) is 17.7 Å². The van der Waals surface area contributed by atoms with Crippen LogP contribution in [0, 0.1) is 19.7 Å². The first kappa shape index (κ1) is 20.8. The largest absolute Gasteiger partial charge is 0.330 e. The maximum Gasteiger partial charge on any atom is 0.231 e. The summed E-state index contributed by atoms with van der Waals surface area (Å²) in [5, 5.41) is 11.1. The second kappa shape index (κ2) is 8.70. The van der Waals surface area contributed by atoms with E-state index in [4.69, 9.17) is 5.73 Å². The first-order valence-electron chi connectivity index (χ1n) is 10.3. The number of anilines is 1. The lowest BCUT2D eigenvalue weighted by molar-refractivity contribution is -0.117. The van der Waals surface area contributed by atoms with Gasteiger partial charge in [-0.25, -0.2) is 4.39 Å². The average Bonchev–Trinajstić information content (AvgIpc) is 3.17. The molecule has 1 amide bonds. The predicted molar refractivity (Wildman–Crippen MR) is 122 cm³/mol. The van der Waals surface area contributed by atoms with Crippen LogP contribution in [0.5, 0.6) is 0 Å². The molecule has 1 heterocycles. The summed E-state index contributed by atoms with van der Waals surface area (Å²) in [5.41, 5.74) is 11.9. The van der Waals surface area contributed by atoms with E-state index >= 15 is 0 Å². The van der Waals surface area contributed by atoms with Crippen molar-refractivity contribution in [2.45, 2.75) is 26.2 Å². The second-order valence-corrected chi connectivity index (χ2v) is 7.81. The minimum atomic E-state index is -0.341. The number of aryl methyl sites for hydroxylation is 2. The summed E-state index contributed by atoms with van der Waals surface area (Å²) < 4.78 is 13.7. The molecule has 0 aliphatic heterocycles. The molecule has 1 unspecified atom stereocenters. The molecule has 4 rings (SSSR count). The highest BCUT2D eigenvalue weighted by Crippen LogP contribution is 2.30. The predicted octanol–water partition coefficient (Wildman–Crippen LogP) is 5.06. The molecule has 4 aromatic rings. The number of nitrogens with one attached hydrogen (secondary N) is 2. The number of fused-ring (bicyclic) bond motifs is 1. The van der Waals surface area contributed by atoms with Crippen LogP contribution in [0.1, 0.15) is 29.0 Å². The first-order valence-corrected chi connectivity index (χ1v) is 10.3. The standard InChI is InChI=1S/C25H25FN4O/c1-15-6-7-17(12-16(15)2)21(10-11-27)25(31)28-20-8-9-23-22(14-20)24(30-29-23)18-4-3-5-19(26)13-18/h3-9,12-14,21H,10-11,27H2,1-2H3,(H,28,31)(H,29,30). The van der Waals surface area contributed by atoms with E-state index in [-0.39, 0.29) is 17.6 Å². The van der Waals surface area contributed by atoms with Gasteiger partial charge < -0.3 is 11.1 Å². The Morgan fingerprint density at radius 2 is 1.94 bits per heavy atom. The van der Waals surface area contributed by atoms with Crippen molar-refractivity contribution in [3.8, 4) is 11.3 Å². The molecule has 5 nitrogen and oxygen atoms in total. The number of rotatable bonds is 6. The third kappa shape index (κ3) is 4.34. The van der Waals surface area contributed by atoms with Gasteiger partial charge in [-0.15, -0.1) is 0 Å². The van der Waals surface area contributed by atoms with Crippen molar-refractivity contribution in [1.29, 1.82) is 0 Å². The van der Waals surface area contributed by atoms with E-state index in [9.17, 15) is 9.18 Å². The Kier molecular flexibility index (Phi) is 5.82. The van der Waals surface area contributed by atoms with Gasteiger partial charge in [-0.1, -0.05) is 30.3 Å². The fraction of sp³-hybridized carbons (Fsp3) is 0.200. The number of nitrogens with two attached hydrogens (primary N) is 1. The molecule has 0 spiro atoms. The minimum Gasteiger partial charge on any atom is -0.330 e. The molecule has 1 atom stereocenters. The highest BCUT2D eigenvalue weighted by Gasteiger charge is 2.21. The van der Waals surface area contributed by atoms with E-state index in [2.05, 4.69) is 21.6 Å². The quantitative estimate of drug-likeness (QED) is 0.411. The lowest BCUT2D eigenvalue weighted by atomic mass is 9.92. The summed E-state index contributed by atoms with van der Waals surface area (Å²) in [4.78, 5) is 13.1. The maximum absolute atomic E-state index is 13.7. The van der Waals surface area contributed by atoms with E-state index in [0.717, 1.165) is 22.0 Å². The van der Waals surface area contributed by atoms with Crippen molar-refractivity contribution in [1.82, 2.24) is 10.2 Å². The van der Waals surface area contributed by atoms with Crippen LogP contribution in [-0.4, -0.2) is 22.6 Å². The van der Waals surface area contributed by atoms with Crippen LogP contribution in [0.2, 0.25) is 0 Å². The average molecular weight is 417 g/mol. The van der Waals surface area contributed by atoms with Crippen molar-refractivity contribution in [3.63, 3.8) is 0 Å². The molecule has 0 saturated carbocycles. The van der Waals surface area contributed by atoms with Gasteiger partial charge in [0.2, 0.25) is 5.91 Å². The van der Waals surface area contributed by atoms with Gasteiger partial charge in [0.1, 0.15) is 11.5 Å². The summed E-state index contributed by atoms with van der Waals surface area (Å²) >= 11 is 0. The number of benzene rings is 3. The van der Waals surface area contributed by atoms with Crippen LogP contribution in [0.15, 0.2) is 60.7 Å². The second-order valence-electron chi connectivity index (χ2n) is 7.81. The van der Waals surface area contributed by atoms with Gasteiger partial charge in [0.05, 0.1) is 11.4 Å². The molecular weight excluding hydrogens is 391 g/mol. The minimum absolute atomic E-state index is 0.108. The summed E-state index contributed by atoms with van der Waals surface area (Å²) in [5.74, 6) is -0.771. The van der Waals surface area contributed by atoms with Crippen molar-refractivity contribution in [2.75, 3.05) is 11.9 Å². The van der Waals surface area contributed by atoms with Gasteiger partial charge in [0.25, 0.3) is 0 Å². The number of carbonyl (C=O) groups is 1. The normalized spacial score (nSPS) is 12.1. The fourth-order valence-corrected chi connectivity index (χ4v) is 3.77. The Bertz CT molecular complexity index is 1250. The molecule has 0 aliphatic rings. The molecule has 0 bridgehead atoms. The number of aromatic amines is 1. The molecule has 3 aromatic carbocycles.